The van der Waals surface area contributed by atoms with Crippen LogP contribution in [0.2, 0.25) is 0 Å². The highest BCUT2D eigenvalue weighted by Gasteiger charge is 2.50. The molecule has 1 aromatic rings. The maximum Gasteiger partial charge on any atom is 0.320 e. The second-order valence-electron chi connectivity index (χ2n) is 8.55. The van der Waals surface area contributed by atoms with E-state index in [0.29, 0.717) is 11.3 Å². The molecule has 3 rings (SSSR count). The first-order valence-corrected chi connectivity index (χ1v) is 11.0. The molecule has 0 bridgehead atoms. The van der Waals surface area contributed by atoms with Crippen LogP contribution in [0, 0.1) is 0 Å². The summed E-state index contributed by atoms with van der Waals surface area (Å²) in [6.45, 7) is -1.34. The molecule has 1 aromatic carbocycles. The van der Waals surface area contributed by atoms with Gasteiger partial charge in [-0.05, 0) is 24.1 Å². The van der Waals surface area contributed by atoms with E-state index in [9.17, 15) is 40.5 Å². The molecule has 35 heavy (non-hydrogen) atoms. The second-order valence-corrected chi connectivity index (χ2v) is 8.55. The molecule has 0 saturated carbocycles. The summed E-state index contributed by atoms with van der Waals surface area (Å²) in [5, 5.41) is 82.1. The van der Waals surface area contributed by atoms with Gasteiger partial charge in [0.05, 0.1) is 13.2 Å². The maximum absolute atomic E-state index is 10.9. The number of nitrogens with two attached hydrogens (primary N) is 1. The van der Waals surface area contributed by atoms with Gasteiger partial charge in [-0.1, -0.05) is 12.1 Å². The van der Waals surface area contributed by atoms with Gasteiger partial charge in [-0.2, -0.15) is 0 Å². The number of anilines is 1. The Kier molecular flexibility index (Phi) is 9.36. The van der Waals surface area contributed by atoms with Crippen molar-refractivity contribution in [2.24, 2.45) is 5.73 Å². The molecule has 0 aromatic heterocycles. The maximum atomic E-state index is 10.9. The van der Waals surface area contributed by atoms with Gasteiger partial charge in [0.2, 0.25) is 0 Å². The lowest BCUT2D eigenvalue weighted by Gasteiger charge is -2.46. The number of carboxylic acid groups (broad SMARTS) is 1. The smallest absolute Gasteiger partial charge is 0.320 e. The van der Waals surface area contributed by atoms with Crippen molar-refractivity contribution < 1.29 is 59.9 Å². The summed E-state index contributed by atoms with van der Waals surface area (Å²) in [7, 11) is 0. The molecule has 2 fully saturated rings. The molecule has 0 aliphatic carbocycles. The van der Waals surface area contributed by atoms with Crippen LogP contribution in [0.5, 0.6) is 0 Å². The molecule has 14 heteroatoms. The minimum Gasteiger partial charge on any atom is -0.480 e. The predicted molar refractivity (Wildman–Crippen MR) is 116 cm³/mol. The first-order valence-electron chi connectivity index (χ1n) is 11.0. The molecule has 11 atom stereocenters. The van der Waals surface area contributed by atoms with Crippen molar-refractivity contribution in [3.05, 3.63) is 29.8 Å². The Morgan fingerprint density at radius 2 is 1.54 bits per heavy atom. The molecule has 0 amide bonds. The van der Waals surface area contributed by atoms with E-state index in [0.717, 1.165) is 0 Å². The van der Waals surface area contributed by atoms with E-state index in [1.807, 2.05) is 0 Å². The Morgan fingerprint density at radius 3 is 2.11 bits per heavy atom. The fourth-order valence-electron chi connectivity index (χ4n) is 3.95. The lowest BCUT2D eigenvalue weighted by Crippen LogP contribution is -2.65. The molecule has 2 aliphatic rings. The predicted octanol–water partition coefficient (Wildman–Crippen LogP) is -4.32. The van der Waals surface area contributed by atoms with Gasteiger partial charge >= 0.3 is 5.97 Å². The van der Waals surface area contributed by atoms with Gasteiger partial charge in [0.15, 0.2) is 12.5 Å². The molecular weight excluding hydrogens is 472 g/mol. The van der Waals surface area contributed by atoms with Gasteiger partial charge in [0.25, 0.3) is 0 Å². The third-order valence-corrected chi connectivity index (χ3v) is 6.04. The summed E-state index contributed by atoms with van der Waals surface area (Å²) in [6.07, 6.45) is -14.8. The van der Waals surface area contributed by atoms with E-state index in [-0.39, 0.29) is 6.42 Å². The number of benzene rings is 1. The van der Waals surface area contributed by atoms with Gasteiger partial charge in [-0.15, -0.1) is 0 Å². The van der Waals surface area contributed by atoms with Crippen LogP contribution in [-0.4, -0.2) is 127 Å². The van der Waals surface area contributed by atoms with Crippen molar-refractivity contribution in [2.45, 2.75) is 73.8 Å². The zero-order chi connectivity index (χ0) is 25.9. The lowest BCUT2D eigenvalue weighted by atomic mass is 9.96. The van der Waals surface area contributed by atoms with Crippen LogP contribution in [0.1, 0.15) is 5.56 Å². The Balaban J connectivity index is 1.66. The largest absolute Gasteiger partial charge is 0.480 e. The number of aliphatic hydroxyl groups is 7. The molecule has 0 spiro atoms. The first-order chi connectivity index (χ1) is 16.6. The molecule has 0 unspecified atom stereocenters. The summed E-state index contributed by atoms with van der Waals surface area (Å²) in [4.78, 5) is 10.9. The summed E-state index contributed by atoms with van der Waals surface area (Å²) < 4.78 is 16.4. The fraction of sp³-hybridized carbons (Fsp3) is 0.667. The first kappa shape index (κ1) is 27.6. The average molecular weight is 504 g/mol. The topological polar surface area (TPSA) is 245 Å². The Labute approximate surface area is 200 Å². The Bertz CT molecular complexity index is 825. The van der Waals surface area contributed by atoms with Crippen molar-refractivity contribution in [3.8, 4) is 0 Å². The highest BCUT2D eigenvalue weighted by molar-refractivity contribution is 5.73. The van der Waals surface area contributed by atoms with Crippen molar-refractivity contribution >= 4 is 11.7 Å². The van der Waals surface area contributed by atoms with Gasteiger partial charge in [0.1, 0.15) is 54.9 Å². The third kappa shape index (κ3) is 6.25. The van der Waals surface area contributed by atoms with Crippen LogP contribution < -0.4 is 11.1 Å². The zero-order valence-electron chi connectivity index (χ0n) is 18.6. The number of hydrogen-bond donors (Lipinski definition) is 10. The summed E-state index contributed by atoms with van der Waals surface area (Å²) >= 11 is 0. The van der Waals surface area contributed by atoms with Crippen LogP contribution in [0.25, 0.3) is 0 Å². The van der Waals surface area contributed by atoms with Gasteiger partial charge in [-0.3, -0.25) is 4.79 Å². The van der Waals surface area contributed by atoms with E-state index in [2.05, 4.69) is 5.32 Å². The number of carboxylic acids is 1. The van der Waals surface area contributed by atoms with E-state index in [1.54, 1.807) is 24.3 Å². The zero-order valence-corrected chi connectivity index (χ0v) is 18.6. The second kappa shape index (κ2) is 11.9. The molecule has 0 radical (unpaired) electrons. The highest BCUT2D eigenvalue weighted by Crippen LogP contribution is 2.29. The standard InChI is InChI=1S/C21H32N2O12/c22-10(20(31)32)5-8-1-3-9(4-2-8)23-19-16(29)15(28)18(12(7-25)33-19)35-21-17(30)14(27)13(26)11(6-24)34-21/h1-4,10-19,21,23-30H,5-7,22H2,(H,31,32)/t10-,11+,12+,13-,14-,15+,16+,17+,18+,19+,21-/m0/s1. The van der Waals surface area contributed by atoms with Crippen molar-refractivity contribution in [1.82, 2.24) is 0 Å². The number of nitrogens with one attached hydrogen (secondary N) is 1. The molecule has 2 heterocycles. The monoisotopic (exact) mass is 504 g/mol. The van der Waals surface area contributed by atoms with E-state index in [1.165, 1.54) is 0 Å². The number of rotatable bonds is 9. The summed E-state index contributed by atoms with van der Waals surface area (Å²) in [6, 6.07) is 5.39. The van der Waals surface area contributed by atoms with Crippen LogP contribution >= 0.6 is 0 Å². The van der Waals surface area contributed by atoms with Crippen molar-refractivity contribution in [1.29, 1.82) is 0 Å². The summed E-state index contributed by atoms with van der Waals surface area (Å²) in [5.41, 5.74) is 6.64. The molecular formula is C21H32N2O12. The molecule has 11 N–H and O–H groups in total. The molecule has 2 saturated heterocycles. The molecule has 198 valence electrons. The van der Waals surface area contributed by atoms with Crippen LogP contribution in [0.15, 0.2) is 24.3 Å². The quantitative estimate of drug-likeness (QED) is 0.153. The van der Waals surface area contributed by atoms with Gasteiger partial charge < -0.3 is 66.1 Å². The van der Waals surface area contributed by atoms with E-state index >= 15 is 0 Å². The minimum absolute atomic E-state index is 0.112. The van der Waals surface area contributed by atoms with Gasteiger partial charge in [-0.25, -0.2) is 0 Å². The van der Waals surface area contributed by atoms with Crippen molar-refractivity contribution in [3.63, 3.8) is 0 Å². The molecule has 2 aliphatic heterocycles. The number of aliphatic hydroxyl groups excluding tert-OH is 7. The number of carbonyl (C=O) groups is 1. The van der Waals surface area contributed by atoms with Crippen LogP contribution in [-0.2, 0) is 25.4 Å². The third-order valence-electron chi connectivity index (χ3n) is 6.04. The average Bonchev–Trinajstić information content (AvgIpc) is 2.84. The number of ether oxygens (including phenoxy) is 3. The highest BCUT2D eigenvalue weighted by atomic mass is 16.7. The summed E-state index contributed by atoms with van der Waals surface area (Å²) in [5.74, 6) is -1.13. The molecule has 14 nitrogen and oxygen atoms in total. The Hall–Kier alpha value is -1.95. The van der Waals surface area contributed by atoms with E-state index < -0.39 is 86.6 Å². The van der Waals surface area contributed by atoms with Crippen molar-refractivity contribution in [2.75, 3.05) is 18.5 Å². The number of aliphatic carboxylic acids is 1. The van der Waals surface area contributed by atoms with Crippen LogP contribution in [0.3, 0.4) is 0 Å². The van der Waals surface area contributed by atoms with E-state index in [4.69, 9.17) is 25.1 Å². The van der Waals surface area contributed by atoms with Gasteiger partial charge in [0, 0.05) is 5.69 Å². The normalized spacial score (nSPS) is 38.6. The lowest BCUT2D eigenvalue weighted by molar-refractivity contribution is -0.340. The Morgan fingerprint density at radius 1 is 0.914 bits per heavy atom. The minimum atomic E-state index is -1.75. The van der Waals surface area contributed by atoms with Crippen LogP contribution in [0.4, 0.5) is 5.69 Å². The SMILES string of the molecule is N[C@@H](Cc1ccc(N[C@@H]2O[C@H](CO)[C@@H](O[C@@H]3O[C@H](CO)[C@H](O)[C@H](O)[C@H]3O)[C@H](O)[C@H]2O)cc1)C(=O)O. The fourth-order valence-corrected chi connectivity index (χ4v) is 3.95. The number of hydrogen-bond acceptors (Lipinski definition) is 13.